The van der Waals surface area contributed by atoms with Gasteiger partial charge in [0.1, 0.15) is 5.82 Å². The van der Waals surface area contributed by atoms with Crippen LogP contribution < -0.4 is 10.2 Å². The first kappa shape index (κ1) is 18.3. The Balaban J connectivity index is 1.30. The Morgan fingerprint density at radius 2 is 2.04 bits per heavy atom. The lowest BCUT2D eigenvalue weighted by Crippen LogP contribution is -2.53. The molecule has 1 aromatic carbocycles. The molecule has 28 heavy (non-hydrogen) atoms. The number of aromatic amines is 1. The Bertz CT molecular complexity index is 938. The van der Waals surface area contributed by atoms with E-state index in [4.69, 9.17) is 0 Å². The van der Waals surface area contributed by atoms with Crippen molar-refractivity contribution < 1.29 is 0 Å². The predicted octanol–water partition coefficient (Wildman–Crippen LogP) is 2.81. The molecule has 0 bridgehead atoms. The van der Waals surface area contributed by atoms with Crippen LogP contribution >= 0.6 is 0 Å². The molecule has 0 atom stereocenters. The highest BCUT2D eigenvalue weighted by atomic mass is 15.4. The number of benzene rings is 1. The molecule has 2 N–H and O–H groups in total. The van der Waals surface area contributed by atoms with E-state index in [9.17, 15) is 0 Å². The van der Waals surface area contributed by atoms with Crippen LogP contribution in [0.5, 0.6) is 0 Å². The Hall–Kier alpha value is -3.02. The third-order valence-electron chi connectivity index (χ3n) is 5.36. The summed E-state index contributed by atoms with van der Waals surface area (Å²) in [4.78, 5) is 17.0. The average Bonchev–Trinajstić information content (AvgIpc) is 3.14. The second-order valence-corrected chi connectivity index (χ2v) is 7.25. The van der Waals surface area contributed by atoms with Crippen molar-refractivity contribution in [1.82, 2.24) is 20.2 Å². The normalized spacial score (nSPS) is 15.3. The highest BCUT2D eigenvalue weighted by Gasteiger charge is 2.20. The number of nitrogens with zero attached hydrogens (tertiary/aromatic N) is 4. The van der Waals surface area contributed by atoms with E-state index in [1.807, 2.05) is 25.4 Å². The fraction of sp³-hybridized carbons (Fsp3) is 0.364. The van der Waals surface area contributed by atoms with Crippen LogP contribution in [0.3, 0.4) is 0 Å². The third kappa shape index (κ3) is 3.96. The number of piperazine rings is 1. The summed E-state index contributed by atoms with van der Waals surface area (Å²) in [5.74, 6) is 2.04. The van der Waals surface area contributed by atoms with Gasteiger partial charge in [0.15, 0.2) is 5.96 Å². The van der Waals surface area contributed by atoms with E-state index in [0.717, 1.165) is 50.9 Å². The molecule has 6 heteroatoms. The number of guanidine groups is 1. The van der Waals surface area contributed by atoms with Gasteiger partial charge in [-0.2, -0.15) is 0 Å². The molecule has 3 aromatic rings. The number of fused-ring (bicyclic) bond motifs is 1. The zero-order chi connectivity index (χ0) is 19.3. The molecule has 0 radical (unpaired) electrons. The number of hydrogen-bond acceptors (Lipinski definition) is 3. The predicted molar refractivity (Wildman–Crippen MR) is 116 cm³/mol. The van der Waals surface area contributed by atoms with Gasteiger partial charge in [0.25, 0.3) is 0 Å². The van der Waals surface area contributed by atoms with Gasteiger partial charge < -0.3 is 20.1 Å². The number of anilines is 1. The van der Waals surface area contributed by atoms with Crippen molar-refractivity contribution in [3.8, 4) is 0 Å². The van der Waals surface area contributed by atoms with Gasteiger partial charge in [0.2, 0.25) is 0 Å². The molecule has 1 fully saturated rings. The van der Waals surface area contributed by atoms with E-state index < -0.39 is 0 Å². The summed E-state index contributed by atoms with van der Waals surface area (Å²) >= 11 is 0. The highest BCUT2D eigenvalue weighted by molar-refractivity contribution is 5.84. The van der Waals surface area contributed by atoms with E-state index in [1.54, 1.807) is 0 Å². The number of nitrogens with one attached hydrogen (secondary N) is 2. The molecule has 1 saturated heterocycles. The quantitative estimate of drug-likeness (QED) is 0.543. The first-order chi connectivity index (χ1) is 13.7. The van der Waals surface area contributed by atoms with Crippen LogP contribution in [0, 0.1) is 6.92 Å². The minimum atomic E-state index is 0.869. The molecule has 2 aromatic heterocycles. The summed E-state index contributed by atoms with van der Waals surface area (Å²) in [6.45, 7) is 6.80. The average molecular weight is 377 g/mol. The number of hydrogen-bond donors (Lipinski definition) is 2. The van der Waals surface area contributed by atoms with Crippen molar-refractivity contribution >= 4 is 22.7 Å². The first-order valence-electron chi connectivity index (χ1n) is 9.93. The van der Waals surface area contributed by atoms with E-state index in [0.29, 0.717) is 0 Å². The number of H-pyrrole nitrogens is 1. The number of rotatable bonds is 4. The zero-order valence-corrected chi connectivity index (χ0v) is 16.7. The van der Waals surface area contributed by atoms with Crippen LogP contribution in [-0.4, -0.2) is 60.6 Å². The van der Waals surface area contributed by atoms with Gasteiger partial charge in [-0.05, 0) is 42.7 Å². The molecule has 6 nitrogen and oxygen atoms in total. The molecule has 146 valence electrons. The number of pyridine rings is 1. The van der Waals surface area contributed by atoms with E-state index in [2.05, 4.69) is 67.5 Å². The zero-order valence-electron chi connectivity index (χ0n) is 16.7. The molecule has 1 aliphatic rings. The summed E-state index contributed by atoms with van der Waals surface area (Å²) in [6, 6.07) is 12.7. The standard InChI is InChI=1S/C22H28N6/c1-17-6-7-19-18(16-26-20(19)15-17)8-10-25-22(23-2)28-13-11-27(12-14-28)21-5-3-4-9-24-21/h3-7,9,15-16,26H,8,10-14H2,1-2H3,(H,23,25). The lowest BCUT2D eigenvalue weighted by molar-refractivity contribution is 0.372. The molecule has 0 amide bonds. The van der Waals surface area contributed by atoms with Crippen molar-refractivity contribution in [2.75, 3.05) is 44.7 Å². The minimum Gasteiger partial charge on any atom is -0.361 e. The number of aromatic nitrogens is 2. The summed E-state index contributed by atoms with van der Waals surface area (Å²) < 4.78 is 0. The third-order valence-corrected chi connectivity index (χ3v) is 5.36. The largest absolute Gasteiger partial charge is 0.361 e. The summed E-state index contributed by atoms with van der Waals surface area (Å²) in [5, 5.41) is 4.85. The summed E-state index contributed by atoms with van der Waals surface area (Å²) in [7, 11) is 1.86. The highest BCUT2D eigenvalue weighted by Crippen LogP contribution is 2.19. The van der Waals surface area contributed by atoms with Gasteiger partial charge in [-0.15, -0.1) is 0 Å². The molecule has 0 unspecified atom stereocenters. The maximum absolute atomic E-state index is 4.49. The fourth-order valence-corrected chi connectivity index (χ4v) is 3.84. The van der Waals surface area contributed by atoms with Crippen LogP contribution in [0.1, 0.15) is 11.1 Å². The van der Waals surface area contributed by atoms with Gasteiger partial charge in [0.05, 0.1) is 0 Å². The Morgan fingerprint density at radius 1 is 1.18 bits per heavy atom. The molecule has 4 rings (SSSR count). The van der Waals surface area contributed by atoms with Crippen molar-refractivity contribution in [2.45, 2.75) is 13.3 Å². The molecular formula is C22H28N6. The van der Waals surface area contributed by atoms with Gasteiger partial charge in [-0.1, -0.05) is 18.2 Å². The smallest absolute Gasteiger partial charge is 0.193 e. The lowest BCUT2D eigenvalue weighted by Gasteiger charge is -2.37. The molecule has 3 heterocycles. The van der Waals surface area contributed by atoms with Gasteiger partial charge in [-0.3, -0.25) is 4.99 Å². The molecule has 1 aliphatic heterocycles. The van der Waals surface area contributed by atoms with Crippen molar-refractivity contribution in [3.63, 3.8) is 0 Å². The SMILES string of the molecule is CN=C(NCCc1c[nH]c2cc(C)ccc12)N1CCN(c2ccccn2)CC1. The lowest BCUT2D eigenvalue weighted by atomic mass is 10.1. The van der Waals surface area contributed by atoms with Gasteiger partial charge in [-0.25, -0.2) is 4.98 Å². The maximum atomic E-state index is 4.49. The van der Waals surface area contributed by atoms with Crippen LogP contribution in [0.25, 0.3) is 10.9 Å². The second-order valence-electron chi connectivity index (χ2n) is 7.25. The fourth-order valence-electron chi connectivity index (χ4n) is 3.84. The van der Waals surface area contributed by atoms with Gasteiger partial charge in [0, 0.05) is 63.1 Å². The Morgan fingerprint density at radius 3 is 2.79 bits per heavy atom. The number of aliphatic imine (C=N–C) groups is 1. The molecular weight excluding hydrogens is 348 g/mol. The van der Waals surface area contributed by atoms with Crippen LogP contribution in [0.2, 0.25) is 0 Å². The van der Waals surface area contributed by atoms with E-state index >= 15 is 0 Å². The minimum absolute atomic E-state index is 0.869. The van der Waals surface area contributed by atoms with E-state index in [-0.39, 0.29) is 0 Å². The maximum Gasteiger partial charge on any atom is 0.193 e. The van der Waals surface area contributed by atoms with Crippen LogP contribution in [0.4, 0.5) is 5.82 Å². The molecule has 0 saturated carbocycles. The second kappa shape index (κ2) is 8.33. The van der Waals surface area contributed by atoms with Crippen molar-refractivity contribution in [3.05, 3.63) is 59.9 Å². The Kier molecular flexibility index (Phi) is 5.46. The van der Waals surface area contributed by atoms with Crippen molar-refractivity contribution in [1.29, 1.82) is 0 Å². The van der Waals surface area contributed by atoms with Crippen LogP contribution in [-0.2, 0) is 6.42 Å². The summed E-state index contributed by atoms with van der Waals surface area (Å²) in [6.07, 6.45) is 4.95. The number of aryl methyl sites for hydroxylation is 1. The first-order valence-corrected chi connectivity index (χ1v) is 9.93. The molecule has 0 spiro atoms. The Labute approximate surface area is 166 Å². The summed E-state index contributed by atoms with van der Waals surface area (Å²) in [5.41, 5.74) is 3.84. The topological polar surface area (TPSA) is 59.6 Å². The van der Waals surface area contributed by atoms with Crippen molar-refractivity contribution in [2.24, 2.45) is 4.99 Å². The van der Waals surface area contributed by atoms with Crippen LogP contribution in [0.15, 0.2) is 53.8 Å². The monoisotopic (exact) mass is 376 g/mol. The van der Waals surface area contributed by atoms with E-state index in [1.165, 1.54) is 22.0 Å². The molecule has 0 aliphatic carbocycles. The van der Waals surface area contributed by atoms with Gasteiger partial charge >= 0.3 is 0 Å².